The molecule has 0 amide bonds. The van der Waals surface area contributed by atoms with Gasteiger partial charge in [0.25, 0.3) is 0 Å². The Morgan fingerprint density at radius 1 is 1.19 bits per heavy atom. The second-order valence-electron chi connectivity index (χ2n) is 6.41. The van der Waals surface area contributed by atoms with Crippen molar-refractivity contribution in [1.82, 2.24) is 10.2 Å². The summed E-state index contributed by atoms with van der Waals surface area (Å²) in [5, 5.41) is 4.40. The third kappa shape index (κ3) is 4.87. The van der Waals surface area contributed by atoms with Gasteiger partial charge in [0.1, 0.15) is 0 Å². The zero-order chi connectivity index (χ0) is 15.2. The molecular formula is C17H28ClN3. The average molecular weight is 310 g/mol. The van der Waals surface area contributed by atoms with Crippen molar-refractivity contribution < 1.29 is 0 Å². The standard InChI is InChI=1S/C17H28ClN3/c1-14(2)12-19-13-15-16(18)6-4-7-17(15)21-9-5-8-20(3)10-11-21/h4,6-7,14,19H,5,8-13H2,1-3H3. The van der Waals surface area contributed by atoms with Crippen LogP contribution in [0.25, 0.3) is 0 Å². The number of hydrogen-bond acceptors (Lipinski definition) is 3. The third-order valence-electron chi connectivity index (χ3n) is 4.01. The van der Waals surface area contributed by atoms with Gasteiger partial charge in [-0.25, -0.2) is 0 Å². The molecule has 0 radical (unpaired) electrons. The highest BCUT2D eigenvalue weighted by Gasteiger charge is 2.17. The van der Waals surface area contributed by atoms with Crippen LogP contribution in [0.4, 0.5) is 5.69 Å². The summed E-state index contributed by atoms with van der Waals surface area (Å²) in [7, 11) is 2.20. The smallest absolute Gasteiger partial charge is 0.0471 e. The van der Waals surface area contributed by atoms with E-state index in [1.165, 1.54) is 24.2 Å². The number of hydrogen-bond donors (Lipinski definition) is 1. The number of rotatable bonds is 5. The molecule has 1 saturated heterocycles. The predicted molar refractivity (Wildman–Crippen MR) is 92.3 cm³/mol. The van der Waals surface area contributed by atoms with Crippen molar-refractivity contribution in [1.29, 1.82) is 0 Å². The molecule has 0 aromatic heterocycles. The zero-order valence-electron chi connectivity index (χ0n) is 13.5. The molecular weight excluding hydrogens is 282 g/mol. The minimum absolute atomic E-state index is 0.655. The van der Waals surface area contributed by atoms with Crippen LogP contribution in [0.5, 0.6) is 0 Å². The highest BCUT2D eigenvalue weighted by Crippen LogP contribution is 2.28. The van der Waals surface area contributed by atoms with Crippen LogP contribution in [0.2, 0.25) is 5.02 Å². The molecule has 1 aromatic carbocycles. The van der Waals surface area contributed by atoms with E-state index in [4.69, 9.17) is 11.6 Å². The Morgan fingerprint density at radius 2 is 2.00 bits per heavy atom. The highest BCUT2D eigenvalue weighted by molar-refractivity contribution is 6.31. The van der Waals surface area contributed by atoms with Gasteiger partial charge in [0.2, 0.25) is 0 Å². The molecule has 1 aromatic rings. The van der Waals surface area contributed by atoms with Crippen LogP contribution in [0, 0.1) is 5.92 Å². The Kier molecular flexibility index (Phi) is 6.34. The van der Waals surface area contributed by atoms with E-state index in [0.29, 0.717) is 5.92 Å². The molecule has 1 fully saturated rings. The van der Waals surface area contributed by atoms with E-state index < -0.39 is 0 Å². The number of nitrogens with one attached hydrogen (secondary N) is 1. The van der Waals surface area contributed by atoms with Gasteiger partial charge < -0.3 is 15.1 Å². The molecule has 1 N–H and O–H groups in total. The van der Waals surface area contributed by atoms with Crippen molar-refractivity contribution >= 4 is 17.3 Å². The lowest BCUT2D eigenvalue weighted by Crippen LogP contribution is -2.30. The fraction of sp³-hybridized carbons (Fsp3) is 0.647. The molecule has 1 aliphatic rings. The van der Waals surface area contributed by atoms with Gasteiger partial charge in [0, 0.05) is 42.5 Å². The molecule has 2 rings (SSSR count). The first kappa shape index (κ1) is 16.6. The predicted octanol–water partition coefficient (Wildman–Crippen LogP) is 3.23. The summed E-state index contributed by atoms with van der Waals surface area (Å²) in [6.07, 6.45) is 1.21. The van der Waals surface area contributed by atoms with Gasteiger partial charge in [-0.2, -0.15) is 0 Å². The molecule has 21 heavy (non-hydrogen) atoms. The molecule has 0 atom stereocenters. The summed E-state index contributed by atoms with van der Waals surface area (Å²) >= 11 is 6.46. The van der Waals surface area contributed by atoms with E-state index in [1.807, 2.05) is 6.07 Å². The summed E-state index contributed by atoms with van der Waals surface area (Å²) in [5.41, 5.74) is 2.54. The van der Waals surface area contributed by atoms with E-state index in [2.05, 4.69) is 48.1 Å². The first-order valence-corrected chi connectivity index (χ1v) is 8.37. The van der Waals surface area contributed by atoms with E-state index in [1.54, 1.807) is 0 Å². The summed E-state index contributed by atoms with van der Waals surface area (Å²) < 4.78 is 0. The Labute approximate surface area is 134 Å². The van der Waals surface area contributed by atoms with Gasteiger partial charge in [-0.05, 0) is 44.6 Å². The number of halogens is 1. The second-order valence-corrected chi connectivity index (χ2v) is 6.81. The summed E-state index contributed by atoms with van der Waals surface area (Å²) in [4.78, 5) is 4.89. The number of anilines is 1. The highest BCUT2D eigenvalue weighted by atomic mass is 35.5. The lowest BCUT2D eigenvalue weighted by molar-refractivity contribution is 0.360. The normalized spacial score (nSPS) is 17.3. The summed E-state index contributed by atoms with van der Waals surface area (Å²) in [6, 6.07) is 6.28. The molecule has 0 aliphatic carbocycles. The van der Waals surface area contributed by atoms with Gasteiger partial charge >= 0.3 is 0 Å². The monoisotopic (exact) mass is 309 g/mol. The van der Waals surface area contributed by atoms with E-state index >= 15 is 0 Å². The van der Waals surface area contributed by atoms with Gasteiger partial charge in [-0.15, -0.1) is 0 Å². The first-order valence-electron chi connectivity index (χ1n) is 7.99. The lowest BCUT2D eigenvalue weighted by Gasteiger charge is -2.26. The molecule has 118 valence electrons. The number of benzene rings is 1. The quantitative estimate of drug-likeness (QED) is 0.901. The lowest BCUT2D eigenvalue weighted by atomic mass is 10.1. The Hall–Kier alpha value is -0.770. The minimum atomic E-state index is 0.655. The van der Waals surface area contributed by atoms with Crippen molar-refractivity contribution in [3.63, 3.8) is 0 Å². The molecule has 3 nitrogen and oxygen atoms in total. The topological polar surface area (TPSA) is 18.5 Å². The SMILES string of the molecule is CC(C)CNCc1c(Cl)cccc1N1CCCN(C)CC1. The molecule has 0 unspecified atom stereocenters. The Bertz CT molecular complexity index is 448. The molecule has 0 spiro atoms. The van der Waals surface area contributed by atoms with Gasteiger partial charge in [0.15, 0.2) is 0 Å². The van der Waals surface area contributed by atoms with Crippen molar-refractivity contribution in [2.75, 3.05) is 44.7 Å². The fourth-order valence-electron chi connectivity index (χ4n) is 2.79. The average Bonchev–Trinajstić information content (AvgIpc) is 2.65. The maximum Gasteiger partial charge on any atom is 0.0471 e. The summed E-state index contributed by atoms with van der Waals surface area (Å²) in [6.45, 7) is 10.8. The van der Waals surface area contributed by atoms with Crippen LogP contribution in [-0.4, -0.2) is 44.7 Å². The maximum atomic E-state index is 6.46. The van der Waals surface area contributed by atoms with Gasteiger partial charge in [-0.1, -0.05) is 31.5 Å². The van der Waals surface area contributed by atoms with E-state index in [9.17, 15) is 0 Å². The molecule has 1 heterocycles. The van der Waals surface area contributed by atoms with E-state index in [0.717, 1.165) is 37.7 Å². The Morgan fingerprint density at radius 3 is 2.76 bits per heavy atom. The van der Waals surface area contributed by atoms with Crippen LogP contribution in [0.3, 0.4) is 0 Å². The molecule has 0 saturated carbocycles. The summed E-state index contributed by atoms with van der Waals surface area (Å²) in [5.74, 6) is 0.655. The molecule has 1 aliphatic heterocycles. The van der Waals surface area contributed by atoms with Crippen molar-refractivity contribution in [2.24, 2.45) is 5.92 Å². The largest absolute Gasteiger partial charge is 0.370 e. The fourth-order valence-corrected chi connectivity index (χ4v) is 3.03. The molecule has 4 heteroatoms. The van der Waals surface area contributed by atoms with Crippen LogP contribution in [-0.2, 0) is 6.54 Å². The van der Waals surface area contributed by atoms with Crippen LogP contribution < -0.4 is 10.2 Å². The zero-order valence-corrected chi connectivity index (χ0v) is 14.3. The Balaban J connectivity index is 2.12. The number of likely N-dealkylation sites (N-methyl/N-ethyl adjacent to an activating group) is 1. The molecule has 0 bridgehead atoms. The maximum absolute atomic E-state index is 6.46. The first-order chi connectivity index (χ1) is 10.1. The van der Waals surface area contributed by atoms with Crippen molar-refractivity contribution in [2.45, 2.75) is 26.8 Å². The second kappa shape index (κ2) is 8.02. The minimum Gasteiger partial charge on any atom is -0.370 e. The van der Waals surface area contributed by atoms with E-state index in [-0.39, 0.29) is 0 Å². The third-order valence-corrected chi connectivity index (χ3v) is 4.36. The van der Waals surface area contributed by atoms with Crippen LogP contribution in [0.1, 0.15) is 25.8 Å². The van der Waals surface area contributed by atoms with Crippen LogP contribution >= 0.6 is 11.6 Å². The van der Waals surface area contributed by atoms with Crippen LogP contribution in [0.15, 0.2) is 18.2 Å². The van der Waals surface area contributed by atoms with Crippen molar-refractivity contribution in [3.05, 3.63) is 28.8 Å². The number of nitrogens with zero attached hydrogens (tertiary/aromatic N) is 2. The van der Waals surface area contributed by atoms with Gasteiger partial charge in [-0.3, -0.25) is 0 Å². The van der Waals surface area contributed by atoms with Gasteiger partial charge in [0.05, 0.1) is 0 Å². The van der Waals surface area contributed by atoms with Crippen molar-refractivity contribution in [3.8, 4) is 0 Å².